The van der Waals surface area contributed by atoms with Crippen LogP contribution in [0.5, 0.6) is 0 Å². The van der Waals surface area contributed by atoms with Crippen molar-refractivity contribution in [2.24, 2.45) is 0 Å². The van der Waals surface area contributed by atoms with Gasteiger partial charge in [0.2, 0.25) is 0 Å². The van der Waals surface area contributed by atoms with Crippen molar-refractivity contribution >= 4 is 31.2 Å². The largest absolute Gasteiger partial charge is 0.460 e. The van der Waals surface area contributed by atoms with Crippen molar-refractivity contribution in [3.05, 3.63) is 42.0 Å². The van der Waals surface area contributed by atoms with E-state index in [2.05, 4.69) is 3.63 Å². The molecule has 2 aromatic carbocycles. The Bertz CT molecular complexity index is 1230. The second kappa shape index (κ2) is 8.17. The van der Waals surface area contributed by atoms with Crippen LogP contribution in [0.2, 0.25) is 0 Å². The lowest BCUT2D eigenvalue weighted by molar-refractivity contribution is -0.382. The third-order valence-corrected chi connectivity index (χ3v) is 11.4. The van der Waals surface area contributed by atoms with Crippen LogP contribution in [0.3, 0.4) is 0 Å². The van der Waals surface area contributed by atoms with Crippen LogP contribution in [0.25, 0.3) is 10.8 Å². The van der Waals surface area contributed by atoms with Crippen LogP contribution >= 0.6 is 10.3 Å². The van der Waals surface area contributed by atoms with Gasteiger partial charge in [-0.15, -0.1) is 0 Å². The molecule has 0 N–H and O–H groups in total. The summed E-state index contributed by atoms with van der Waals surface area (Å²) in [5.74, 6) is -15.1. The molecule has 1 saturated heterocycles. The Balaban J connectivity index is 2.14. The fraction of sp³-hybridized carbons (Fsp3) is 0.524. The van der Waals surface area contributed by atoms with Crippen molar-refractivity contribution < 1.29 is 51.6 Å². The van der Waals surface area contributed by atoms with Crippen molar-refractivity contribution in [3.8, 4) is 0 Å². The van der Waals surface area contributed by atoms with Gasteiger partial charge in [-0.25, -0.2) is 3.63 Å². The molecule has 0 aliphatic carbocycles. The molecule has 2 aromatic rings. The van der Waals surface area contributed by atoms with Gasteiger partial charge in [0, 0.05) is 16.4 Å². The van der Waals surface area contributed by atoms with E-state index in [-0.39, 0.29) is 22.8 Å². The van der Waals surface area contributed by atoms with Gasteiger partial charge in [0.1, 0.15) is 0 Å². The molecule has 0 spiro atoms. The minimum Gasteiger partial charge on any atom is -0.211 e. The van der Waals surface area contributed by atoms with Crippen LogP contribution in [-0.2, 0) is 19.2 Å². The van der Waals surface area contributed by atoms with Crippen LogP contribution in [-0.4, -0.2) is 43.2 Å². The summed E-state index contributed by atoms with van der Waals surface area (Å²) in [7, 11) is -10.2. The number of hydrogen-bond donors (Lipinski definition) is 0. The smallest absolute Gasteiger partial charge is 0.211 e. The van der Waals surface area contributed by atoms with Gasteiger partial charge in [0.25, 0.3) is 0 Å². The van der Waals surface area contributed by atoms with E-state index >= 15 is 0 Å². The second-order valence-corrected chi connectivity index (χ2v) is 14.0. The standard InChI is InChI=1S/C21H21F9O3S2/c1-17(2,3)15-9-10-16(14-8-5-4-7-13(14)15)34(11-6-12-34)33-35(31,32)21(29,30)19(24,25)18(22,23)20(26,27)28/h4-5,7-10H,6,11-12H2,1-3H3. The lowest BCUT2D eigenvalue weighted by Gasteiger charge is -2.47. The topological polar surface area (TPSA) is 43.4 Å². The first-order valence-corrected chi connectivity index (χ1v) is 13.4. The molecule has 3 nitrogen and oxygen atoms in total. The van der Waals surface area contributed by atoms with E-state index in [9.17, 15) is 47.9 Å². The molecule has 35 heavy (non-hydrogen) atoms. The van der Waals surface area contributed by atoms with Crippen molar-refractivity contribution in [1.82, 2.24) is 0 Å². The molecule has 3 rings (SSSR count). The highest BCUT2D eigenvalue weighted by Crippen LogP contribution is 2.68. The maximum absolute atomic E-state index is 14.3. The highest BCUT2D eigenvalue weighted by Gasteiger charge is 2.86. The highest BCUT2D eigenvalue weighted by atomic mass is 32.3. The molecule has 1 aliphatic rings. The maximum atomic E-state index is 14.3. The van der Waals surface area contributed by atoms with Gasteiger partial charge in [-0.05, 0) is 34.2 Å². The fourth-order valence-electron chi connectivity index (χ4n) is 3.71. The predicted octanol–water partition coefficient (Wildman–Crippen LogP) is 7.39. The number of hydrogen-bond acceptors (Lipinski definition) is 3. The van der Waals surface area contributed by atoms with Crippen LogP contribution in [0, 0.1) is 0 Å². The molecule has 14 heteroatoms. The average molecular weight is 557 g/mol. The Labute approximate surface area is 197 Å². The third-order valence-electron chi connectivity index (χ3n) is 5.69. The van der Waals surface area contributed by atoms with Crippen LogP contribution < -0.4 is 0 Å². The Morgan fingerprint density at radius 2 is 1.29 bits per heavy atom. The zero-order chi connectivity index (χ0) is 26.9. The number of fused-ring (bicyclic) bond motifs is 1. The molecular weight excluding hydrogens is 535 g/mol. The molecule has 0 amide bonds. The molecule has 1 aliphatic heterocycles. The van der Waals surface area contributed by atoms with E-state index in [0.29, 0.717) is 10.8 Å². The molecule has 0 aromatic heterocycles. The second-order valence-electron chi connectivity index (χ2n) is 9.17. The maximum Gasteiger partial charge on any atom is 0.460 e. The van der Waals surface area contributed by atoms with Gasteiger partial charge in [0.05, 0.1) is 0 Å². The molecule has 0 atom stereocenters. The normalized spacial score (nSPS) is 18.9. The van der Waals surface area contributed by atoms with E-state index in [1.807, 2.05) is 20.8 Å². The highest BCUT2D eigenvalue weighted by molar-refractivity contribution is 8.34. The van der Waals surface area contributed by atoms with Gasteiger partial charge < -0.3 is 0 Å². The van der Waals surface area contributed by atoms with Gasteiger partial charge in [-0.2, -0.15) is 47.9 Å². The SMILES string of the molecule is CC(C)(C)c1ccc(S2(OS(=O)(=O)C(F)(F)C(F)(F)C(F)(F)C(F)(F)F)CCC2)c2ccccc12. The monoisotopic (exact) mass is 556 g/mol. The van der Waals surface area contributed by atoms with E-state index < -0.39 is 49.1 Å². The van der Waals surface area contributed by atoms with Gasteiger partial charge in [0.15, 0.2) is 0 Å². The molecule has 0 unspecified atom stereocenters. The Hall–Kier alpha value is -1.67. The summed E-state index contributed by atoms with van der Waals surface area (Å²) in [6.07, 6.45) is -6.91. The summed E-state index contributed by atoms with van der Waals surface area (Å²) in [4.78, 5) is 0.0950. The zero-order valence-corrected chi connectivity index (χ0v) is 20.2. The van der Waals surface area contributed by atoms with Crippen LogP contribution in [0.1, 0.15) is 32.8 Å². The molecular formula is C21H21F9O3S2. The third kappa shape index (κ3) is 4.18. The summed E-state index contributed by atoms with van der Waals surface area (Å²) in [5, 5.41) is -5.91. The average Bonchev–Trinajstić information content (AvgIpc) is 2.68. The number of halogens is 9. The lowest BCUT2D eigenvalue weighted by atomic mass is 9.84. The molecule has 0 bridgehead atoms. The van der Waals surface area contributed by atoms with Gasteiger partial charge in [-0.1, -0.05) is 61.4 Å². The predicted molar refractivity (Wildman–Crippen MR) is 114 cm³/mol. The summed E-state index contributed by atoms with van der Waals surface area (Å²) < 4.78 is 149. The molecule has 0 saturated carbocycles. The summed E-state index contributed by atoms with van der Waals surface area (Å²) in [6, 6.07) is 9.42. The number of rotatable bonds is 6. The summed E-state index contributed by atoms with van der Waals surface area (Å²) in [5.41, 5.74) is 0.376. The quantitative estimate of drug-likeness (QED) is 0.349. The number of alkyl halides is 9. The first kappa shape index (κ1) is 27.9. The minimum atomic E-state index is -7.34. The first-order valence-electron chi connectivity index (χ1n) is 10.1. The van der Waals surface area contributed by atoms with Crippen LogP contribution in [0.15, 0.2) is 41.3 Å². The van der Waals surface area contributed by atoms with Crippen molar-refractivity contribution in [2.45, 2.75) is 60.8 Å². The van der Waals surface area contributed by atoms with Gasteiger partial charge >= 0.3 is 33.4 Å². The molecule has 0 radical (unpaired) electrons. The lowest BCUT2D eigenvalue weighted by Crippen LogP contribution is -2.63. The summed E-state index contributed by atoms with van der Waals surface area (Å²) in [6.45, 7) is 5.64. The molecule has 1 fully saturated rings. The van der Waals surface area contributed by atoms with Crippen molar-refractivity contribution in [1.29, 1.82) is 0 Å². The fourth-order valence-corrected chi connectivity index (χ4v) is 8.85. The minimum absolute atomic E-state index is 0.0950. The van der Waals surface area contributed by atoms with Crippen molar-refractivity contribution in [3.63, 3.8) is 0 Å². The molecule has 1 heterocycles. The van der Waals surface area contributed by atoms with Crippen LogP contribution in [0.4, 0.5) is 39.5 Å². The summed E-state index contributed by atoms with van der Waals surface area (Å²) >= 11 is 0. The van der Waals surface area contributed by atoms with E-state index in [0.717, 1.165) is 5.56 Å². The van der Waals surface area contributed by atoms with Gasteiger partial charge in [-0.3, -0.25) is 0 Å². The Morgan fingerprint density at radius 3 is 1.71 bits per heavy atom. The van der Waals surface area contributed by atoms with E-state index in [1.165, 1.54) is 12.1 Å². The number of benzene rings is 2. The van der Waals surface area contributed by atoms with Crippen molar-refractivity contribution in [2.75, 3.05) is 11.5 Å². The Kier molecular flexibility index (Phi) is 6.51. The first-order chi connectivity index (χ1) is 15.6. The molecule has 198 valence electrons. The Morgan fingerprint density at radius 1 is 0.771 bits per heavy atom. The van der Waals surface area contributed by atoms with E-state index in [4.69, 9.17) is 0 Å². The van der Waals surface area contributed by atoms with E-state index in [1.54, 1.807) is 24.3 Å². The zero-order valence-electron chi connectivity index (χ0n) is 18.5.